The molecule has 0 aromatic carbocycles. The van der Waals surface area contributed by atoms with E-state index in [1.165, 1.54) is 64.7 Å². The molecule has 0 radical (unpaired) electrons. The van der Waals surface area contributed by atoms with Gasteiger partial charge >= 0.3 is 0 Å². The van der Waals surface area contributed by atoms with Crippen molar-refractivity contribution in [2.24, 2.45) is 0 Å². The molecule has 2 nitrogen and oxygen atoms in total. The van der Waals surface area contributed by atoms with Crippen molar-refractivity contribution in [1.82, 2.24) is 10.2 Å². The summed E-state index contributed by atoms with van der Waals surface area (Å²) in [6.45, 7) is 5.29. The summed E-state index contributed by atoms with van der Waals surface area (Å²) in [5, 5.41) is 3.62. The normalized spacial score (nSPS) is 30.9. The molecule has 1 N–H and O–H groups in total. The SMILES string of the molecule is C1CC[C@H](CCN2CCCC2)NC1. The van der Waals surface area contributed by atoms with Crippen molar-refractivity contribution < 1.29 is 0 Å². The molecule has 0 aliphatic carbocycles. The van der Waals surface area contributed by atoms with Gasteiger partial charge in [0.2, 0.25) is 0 Å². The summed E-state index contributed by atoms with van der Waals surface area (Å²) >= 11 is 0. The molecule has 0 bridgehead atoms. The minimum atomic E-state index is 0.828. The molecule has 2 aliphatic heterocycles. The van der Waals surface area contributed by atoms with Crippen molar-refractivity contribution in [3.63, 3.8) is 0 Å². The summed E-state index contributed by atoms with van der Waals surface area (Å²) in [5.74, 6) is 0. The fourth-order valence-electron chi connectivity index (χ4n) is 2.52. The van der Waals surface area contributed by atoms with Crippen LogP contribution < -0.4 is 5.32 Å². The van der Waals surface area contributed by atoms with E-state index in [0.29, 0.717) is 0 Å². The van der Waals surface area contributed by atoms with Crippen LogP contribution in [0.3, 0.4) is 0 Å². The van der Waals surface area contributed by atoms with Gasteiger partial charge in [-0.2, -0.15) is 0 Å². The van der Waals surface area contributed by atoms with Crippen LogP contribution in [0.4, 0.5) is 0 Å². The van der Waals surface area contributed by atoms with Crippen molar-refractivity contribution in [1.29, 1.82) is 0 Å². The van der Waals surface area contributed by atoms with Crippen molar-refractivity contribution in [2.45, 2.75) is 44.6 Å². The number of nitrogens with zero attached hydrogens (tertiary/aromatic N) is 1. The van der Waals surface area contributed by atoms with Crippen LogP contribution in [0.5, 0.6) is 0 Å². The maximum absolute atomic E-state index is 3.62. The van der Waals surface area contributed by atoms with Gasteiger partial charge in [-0.3, -0.25) is 0 Å². The first-order chi connectivity index (χ1) is 6.45. The highest BCUT2D eigenvalue weighted by molar-refractivity contribution is 4.75. The van der Waals surface area contributed by atoms with Crippen LogP contribution in [-0.2, 0) is 0 Å². The first-order valence-corrected chi connectivity index (χ1v) is 5.91. The molecule has 2 saturated heterocycles. The molecule has 0 unspecified atom stereocenters. The van der Waals surface area contributed by atoms with Gasteiger partial charge in [-0.1, -0.05) is 6.42 Å². The lowest BCUT2D eigenvalue weighted by molar-refractivity contribution is 0.289. The molecular formula is C11H22N2. The van der Waals surface area contributed by atoms with Gasteiger partial charge in [0.15, 0.2) is 0 Å². The van der Waals surface area contributed by atoms with E-state index in [1.807, 2.05) is 0 Å². The van der Waals surface area contributed by atoms with Gasteiger partial charge in [-0.15, -0.1) is 0 Å². The van der Waals surface area contributed by atoms with Gasteiger partial charge in [-0.05, 0) is 58.3 Å². The van der Waals surface area contributed by atoms with E-state index in [4.69, 9.17) is 0 Å². The van der Waals surface area contributed by atoms with Crippen LogP contribution in [0.2, 0.25) is 0 Å². The molecule has 0 spiro atoms. The van der Waals surface area contributed by atoms with E-state index in [9.17, 15) is 0 Å². The second-order valence-electron chi connectivity index (χ2n) is 4.48. The average Bonchev–Trinajstić information content (AvgIpc) is 2.69. The Labute approximate surface area is 81.7 Å². The maximum Gasteiger partial charge on any atom is 0.00792 e. The zero-order valence-corrected chi connectivity index (χ0v) is 8.60. The summed E-state index contributed by atoms with van der Waals surface area (Å²) in [4.78, 5) is 2.62. The van der Waals surface area contributed by atoms with E-state index in [1.54, 1.807) is 0 Å². The summed E-state index contributed by atoms with van der Waals surface area (Å²) in [7, 11) is 0. The van der Waals surface area contributed by atoms with E-state index < -0.39 is 0 Å². The largest absolute Gasteiger partial charge is 0.314 e. The molecule has 13 heavy (non-hydrogen) atoms. The number of hydrogen-bond acceptors (Lipinski definition) is 2. The minimum absolute atomic E-state index is 0.828. The van der Waals surface area contributed by atoms with Gasteiger partial charge in [0.05, 0.1) is 0 Å². The van der Waals surface area contributed by atoms with Crippen molar-refractivity contribution in [3.05, 3.63) is 0 Å². The van der Waals surface area contributed by atoms with Gasteiger partial charge in [0, 0.05) is 6.04 Å². The highest BCUT2D eigenvalue weighted by atomic mass is 15.1. The quantitative estimate of drug-likeness (QED) is 0.713. The lowest BCUT2D eigenvalue weighted by Gasteiger charge is -2.25. The van der Waals surface area contributed by atoms with Crippen LogP contribution in [0.25, 0.3) is 0 Å². The first-order valence-electron chi connectivity index (χ1n) is 5.91. The molecular weight excluding hydrogens is 160 g/mol. The van der Waals surface area contributed by atoms with E-state index in [0.717, 1.165) is 6.04 Å². The summed E-state index contributed by atoms with van der Waals surface area (Å²) in [6.07, 6.45) is 8.47. The molecule has 1 atom stereocenters. The smallest absolute Gasteiger partial charge is 0.00792 e. The lowest BCUT2D eigenvalue weighted by Crippen LogP contribution is -2.36. The van der Waals surface area contributed by atoms with Crippen molar-refractivity contribution in [2.75, 3.05) is 26.2 Å². The molecule has 0 amide bonds. The lowest BCUT2D eigenvalue weighted by atomic mass is 10.0. The Bertz CT molecular complexity index is 135. The highest BCUT2D eigenvalue weighted by Crippen LogP contribution is 2.13. The molecule has 0 aromatic heterocycles. The third kappa shape index (κ3) is 2.96. The monoisotopic (exact) mass is 182 g/mol. The molecule has 2 aliphatic rings. The fraction of sp³-hybridized carbons (Fsp3) is 1.00. The molecule has 0 aromatic rings. The Hall–Kier alpha value is -0.0800. The Kier molecular flexibility index (Phi) is 3.62. The standard InChI is InChI=1S/C11H22N2/c1-2-7-12-11(5-1)6-10-13-8-3-4-9-13/h11-12H,1-10H2/t11-/m1/s1. The molecule has 2 rings (SSSR count). The van der Waals surface area contributed by atoms with Crippen molar-refractivity contribution in [3.8, 4) is 0 Å². The number of likely N-dealkylation sites (tertiary alicyclic amines) is 1. The average molecular weight is 182 g/mol. The number of nitrogens with one attached hydrogen (secondary N) is 1. The van der Waals surface area contributed by atoms with Gasteiger partial charge in [0.1, 0.15) is 0 Å². The second kappa shape index (κ2) is 4.97. The molecule has 2 heteroatoms. The zero-order chi connectivity index (χ0) is 8.93. The van der Waals surface area contributed by atoms with E-state index in [-0.39, 0.29) is 0 Å². The van der Waals surface area contributed by atoms with Crippen LogP contribution >= 0.6 is 0 Å². The highest BCUT2D eigenvalue weighted by Gasteiger charge is 2.15. The number of piperidine rings is 1. The van der Waals surface area contributed by atoms with E-state index in [2.05, 4.69) is 10.2 Å². The second-order valence-corrected chi connectivity index (χ2v) is 4.48. The third-order valence-electron chi connectivity index (χ3n) is 3.40. The minimum Gasteiger partial charge on any atom is -0.314 e. The number of rotatable bonds is 3. The van der Waals surface area contributed by atoms with Gasteiger partial charge < -0.3 is 10.2 Å². The Morgan fingerprint density at radius 1 is 1.08 bits per heavy atom. The fourth-order valence-corrected chi connectivity index (χ4v) is 2.52. The molecule has 76 valence electrons. The number of hydrogen-bond donors (Lipinski definition) is 1. The predicted molar refractivity (Wildman–Crippen MR) is 55.9 cm³/mol. The topological polar surface area (TPSA) is 15.3 Å². The Balaban J connectivity index is 1.60. The van der Waals surface area contributed by atoms with Crippen LogP contribution in [0.15, 0.2) is 0 Å². The third-order valence-corrected chi connectivity index (χ3v) is 3.40. The Morgan fingerprint density at radius 3 is 2.62 bits per heavy atom. The van der Waals surface area contributed by atoms with Gasteiger partial charge in [0.25, 0.3) is 0 Å². The van der Waals surface area contributed by atoms with Gasteiger partial charge in [-0.25, -0.2) is 0 Å². The molecule has 0 saturated carbocycles. The maximum atomic E-state index is 3.62. The summed E-state index contributed by atoms with van der Waals surface area (Å²) in [5.41, 5.74) is 0. The van der Waals surface area contributed by atoms with E-state index >= 15 is 0 Å². The summed E-state index contributed by atoms with van der Waals surface area (Å²) < 4.78 is 0. The first kappa shape index (κ1) is 9.47. The van der Waals surface area contributed by atoms with Crippen LogP contribution in [0.1, 0.15) is 38.5 Å². The van der Waals surface area contributed by atoms with Crippen molar-refractivity contribution >= 4 is 0 Å². The van der Waals surface area contributed by atoms with Crippen LogP contribution in [-0.4, -0.2) is 37.1 Å². The molecule has 2 heterocycles. The Morgan fingerprint density at radius 2 is 1.92 bits per heavy atom. The molecule has 2 fully saturated rings. The van der Waals surface area contributed by atoms with Crippen LogP contribution in [0, 0.1) is 0 Å². The zero-order valence-electron chi connectivity index (χ0n) is 8.60. The predicted octanol–water partition coefficient (Wildman–Crippen LogP) is 1.61. The summed E-state index contributed by atoms with van der Waals surface area (Å²) in [6, 6.07) is 0.828.